The number of nitrogens with zero attached hydrogens (tertiary/aromatic N) is 5. The van der Waals surface area contributed by atoms with Crippen molar-refractivity contribution in [2.45, 2.75) is 46.2 Å². The average Bonchev–Trinajstić information content (AvgIpc) is 3.01. The highest BCUT2D eigenvalue weighted by Gasteiger charge is 2.38. The Morgan fingerprint density at radius 3 is 2.46 bits per heavy atom. The Kier molecular flexibility index (Phi) is 5.36. The first kappa shape index (κ1) is 18.9. The highest BCUT2D eigenvalue weighted by atomic mass is 19.4. The van der Waals surface area contributed by atoms with E-state index in [1.54, 1.807) is 6.92 Å². The lowest BCUT2D eigenvalue weighted by molar-refractivity contribution is -0.146. The molecular formula is C17H25F3N6. The zero-order chi connectivity index (χ0) is 18.9. The quantitative estimate of drug-likeness (QED) is 0.819. The minimum Gasteiger partial charge on any atom is -0.368 e. The van der Waals surface area contributed by atoms with Crippen LogP contribution in [0.2, 0.25) is 0 Å². The van der Waals surface area contributed by atoms with Crippen LogP contribution < -0.4 is 5.32 Å². The molecule has 0 amide bonds. The van der Waals surface area contributed by atoms with E-state index in [9.17, 15) is 13.2 Å². The van der Waals surface area contributed by atoms with Crippen molar-refractivity contribution in [1.29, 1.82) is 0 Å². The Morgan fingerprint density at radius 1 is 1.12 bits per heavy atom. The Balaban J connectivity index is 1.66. The molecule has 0 aromatic carbocycles. The minimum absolute atomic E-state index is 0.141. The van der Waals surface area contributed by atoms with Crippen LogP contribution >= 0.6 is 0 Å². The van der Waals surface area contributed by atoms with Crippen LogP contribution in [0.1, 0.15) is 43.1 Å². The second-order valence-corrected chi connectivity index (χ2v) is 7.16. The number of halogens is 3. The SMILES string of the molecule is Cc1c(NCCCN2CCC(C)CC2)nn2c(C(F)(F)F)nnc2c1C. The number of anilines is 1. The van der Waals surface area contributed by atoms with Gasteiger partial charge in [-0.2, -0.15) is 17.7 Å². The van der Waals surface area contributed by atoms with E-state index >= 15 is 0 Å². The molecule has 6 nitrogen and oxygen atoms in total. The van der Waals surface area contributed by atoms with Crippen molar-refractivity contribution >= 4 is 11.5 Å². The van der Waals surface area contributed by atoms with Crippen LogP contribution in [0, 0.1) is 19.8 Å². The summed E-state index contributed by atoms with van der Waals surface area (Å²) in [6, 6.07) is 0. The molecule has 1 aliphatic rings. The zero-order valence-corrected chi connectivity index (χ0v) is 15.4. The third-order valence-corrected chi connectivity index (χ3v) is 5.17. The molecule has 0 atom stereocenters. The summed E-state index contributed by atoms with van der Waals surface area (Å²) in [5.41, 5.74) is 1.59. The summed E-state index contributed by atoms with van der Waals surface area (Å²) in [4.78, 5) is 2.44. The molecule has 2 aromatic heterocycles. The summed E-state index contributed by atoms with van der Waals surface area (Å²) in [6.07, 6.45) is -1.20. The summed E-state index contributed by atoms with van der Waals surface area (Å²) >= 11 is 0. The first-order chi connectivity index (χ1) is 12.3. The monoisotopic (exact) mass is 370 g/mol. The van der Waals surface area contributed by atoms with E-state index in [0.717, 1.165) is 42.1 Å². The van der Waals surface area contributed by atoms with E-state index in [2.05, 4.69) is 32.4 Å². The van der Waals surface area contributed by atoms with Gasteiger partial charge in [-0.1, -0.05) is 6.92 Å². The highest BCUT2D eigenvalue weighted by Crippen LogP contribution is 2.29. The highest BCUT2D eigenvalue weighted by molar-refractivity contribution is 5.58. The molecule has 3 heterocycles. The van der Waals surface area contributed by atoms with Gasteiger partial charge in [0.15, 0.2) is 5.65 Å². The van der Waals surface area contributed by atoms with Crippen LogP contribution in [0.3, 0.4) is 0 Å². The van der Waals surface area contributed by atoms with Gasteiger partial charge in [0, 0.05) is 12.1 Å². The van der Waals surface area contributed by atoms with Crippen molar-refractivity contribution in [3.8, 4) is 0 Å². The third-order valence-electron chi connectivity index (χ3n) is 5.17. The van der Waals surface area contributed by atoms with E-state index in [1.165, 1.54) is 12.8 Å². The van der Waals surface area contributed by atoms with E-state index in [0.29, 0.717) is 17.9 Å². The summed E-state index contributed by atoms with van der Waals surface area (Å²) in [5, 5.41) is 14.2. The van der Waals surface area contributed by atoms with Crippen LogP contribution in [0.5, 0.6) is 0 Å². The van der Waals surface area contributed by atoms with Crippen LogP contribution in [0.15, 0.2) is 0 Å². The molecule has 26 heavy (non-hydrogen) atoms. The van der Waals surface area contributed by atoms with Gasteiger partial charge in [-0.15, -0.1) is 15.3 Å². The summed E-state index contributed by atoms with van der Waals surface area (Å²) in [5.74, 6) is 0.159. The summed E-state index contributed by atoms with van der Waals surface area (Å²) < 4.78 is 40.0. The second-order valence-electron chi connectivity index (χ2n) is 7.16. The molecule has 0 radical (unpaired) electrons. The molecule has 9 heteroatoms. The van der Waals surface area contributed by atoms with Crippen LogP contribution in [-0.4, -0.2) is 50.9 Å². The van der Waals surface area contributed by atoms with E-state index < -0.39 is 12.0 Å². The number of piperidine rings is 1. The van der Waals surface area contributed by atoms with Crippen molar-refractivity contribution in [3.63, 3.8) is 0 Å². The van der Waals surface area contributed by atoms with E-state index in [-0.39, 0.29) is 5.65 Å². The molecule has 1 fully saturated rings. The number of fused-ring (bicyclic) bond motifs is 1. The summed E-state index contributed by atoms with van der Waals surface area (Å²) in [6.45, 7) is 9.75. The molecule has 0 aliphatic carbocycles. The van der Waals surface area contributed by atoms with Crippen molar-refractivity contribution < 1.29 is 13.2 Å². The maximum absolute atomic E-state index is 13.1. The van der Waals surface area contributed by atoms with Crippen molar-refractivity contribution in [2.24, 2.45) is 5.92 Å². The van der Waals surface area contributed by atoms with Gasteiger partial charge in [-0.05, 0) is 64.2 Å². The molecule has 144 valence electrons. The number of hydrogen-bond acceptors (Lipinski definition) is 5. The largest absolute Gasteiger partial charge is 0.453 e. The Morgan fingerprint density at radius 2 is 1.81 bits per heavy atom. The molecule has 0 spiro atoms. The minimum atomic E-state index is -4.59. The smallest absolute Gasteiger partial charge is 0.368 e. The molecule has 0 unspecified atom stereocenters. The maximum atomic E-state index is 13.1. The van der Waals surface area contributed by atoms with Crippen LogP contribution in [0.25, 0.3) is 5.65 Å². The number of aryl methyl sites for hydroxylation is 1. The van der Waals surface area contributed by atoms with Crippen molar-refractivity contribution in [1.82, 2.24) is 24.7 Å². The fourth-order valence-corrected chi connectivity index (χ4v) is 3.27. The zero-order valence-electron chi connectivity index (χ0n) is 15.4. The Hall–Kier alpha value is -1.90. The normalized spacial score (nSPS) is 17.2. The Labute approximate surface area is 150 Å². The fourth-order valence-electron chi connectivity index (χ4n) is 3.27. The maximum Gasteiger partial charge on any atom is 0.453 e. The number of aromatic nitrogens is 4. The number of hydrogen-bond donors (Lipinski definition) is 1. The number of rotatable bonds is 5. The molecule has 2 aromatic rings. The topological polar surface area (TPSA) is 58.4 Å². The van der Waals surface area contributed by atoms with Gasteiger partial charge in [-0.3, -0.25) is 0 Å². The van der Waals surface area contributed by atoms with Gasteiger partial charge in [-0.25, -0.2) is 0 Å². The first-order valence-electron chi connectivity index (χ1n) is 9.03. The predicted octanol–water partition coefficient (Wildman–Crippen LogP) is 3.29. The molecule has 0 saturated carbocycles. The van der Waals surface area contributed by atoms with Gasteiger partial charge in [0.05, 0.1) is 0 Å². The van der Waals surface area contributed by atoms with E-state index in [4.69, 9.17) is 0 Å². The molecule has 1 aliphatic heterocycles. The van der Waals surface area contributed by atoms with Gasteiger partial charge in [0.1, 0.15) is 5.82 Å². The Bertz CT molecular complexity index is 762. The molecular weight excluding hydrogens is 345 g/mol. The summed E-state index contributed by atoms with van der Waals surface area (Å²) in [7, 11) is 0. The van der Waals surface area contributed by atoms with Gasteiger partial charge >= 0.3 is 6.18 Å². The second kappa shape index (κ2) is 7.38. The molecule has 0 bridgehead atoms. The standard InChI is InChI=1S/C17H25F3N6/c1-11-5-9-25(10-6-11)8-4-7-21-14-12(2)13(3)15-22-23-16(17(18,19)20)26(15)24-14/h11H,4-10H2,1-3H3,(H,21,24). The van der Waals surface area contributed by atoms with Crippen molar-refractivity contribution in [2.75, 3.05) is 31.5 Å². The average molecular weight is 370 g/mol. The lowest BCUT2D eigenvalue weighted by Gasteiger charge is -2.30. The fraction of sp³-hybridized carbons (Fsp3) is 0.706. The van der Waals surface area contributed by atoms with Crippen molar-refractivity contribution in [3.05, 3.63) is 17.0 Å². The molecule has 1 N–H and O–H groups in total. The molecule has 3 rings (SSSR count). The first-order valence-corrected chi connectivity index (χ1v) is 9.03. The molecule has 1 saturated heterocycles. The van der Waals surface area contributed by atoms with Gasteiger partial charge in [0.25, 0.3) is 5.82 Å². The lowest BCUT2D eigenvalue weighted by atomic mass is 9.99. The number of likely N-dealkylation sites (tertiary alicyclic amines) is 1. The lowest BCUT2D eigenvalue weighted by Crippen LogP contribution is -2.34. The van der Waals surface area contributed by atoms with Gasteiger partial charge in [0.2, 0.25) is 0 Å². The number of alkyl halides is 3. The predicted molar refractivity (Wildman–Crippen MR) is 93.2 cm³/mol. The van der Waals surface area contributed by atoms with Crippen LogP contribution in [0.4, 0.5) is 19.0 Å². The van der Waals surface area contributed by atoms with Gasteiger partial charge < -0.3 is 10.2 Å². The number of nitrogens with one attached hydrogen (secondary N) is 1. The third kappa shape index (κ3) is 3.92. The van der Waals surface area contributed by atoms with E-state index in [1.807, 2.05) is 6.92 Å². The van der Waals surface area contributed by atoms with Crippen LogP contribution in [-0.2, 0) is 6.18 Å².